The fourth-order valence-electron chi connectivity index (χ4n) is 1.20. The van der Waals surface area contributed by atoms with Crippen LogP contribution < -0.4 is 0 Å². The van der Waals surface area contributed by atoms with Crippen molar-refractivity contribution >= 4 is 20.1 Å². The van der Waals surface area contributed by atoms with Crippen molar-refractivity contribution in [3.63, 3.8) is 0 Å². The molecule has 0 bridgehead atoms. The topological polar surface area (TPSA) is 9.23 Å². The molecule has 0 unspecified atom stereocenters. The molecule has 1 nitrogen and oxygen atoms in total. The van der Waals surface area contributed by atoms with Crippen molar-refractivity contribution in [2.24, 2.45) is 0 Å². The molecule has 0 aliphatic carbocycles. The van der Waals surface area contributed by atoms with Crippen LogP contribution in [0.3, 0.4) is 0 Å². The Balaban J connectivity index is 5.10. The zero-order valence-electron chi connectivity index (χ0n) is 15.2. The van der Waals surface area contributed by atoms with Crippen molar-refractivity contribution < 1.29 is 4.43 Å². The van der Waals surface area contributed by atoms with Gasteiger partial charge in [0.05, 0.1) is 0 Å². The monoisotopic (exact) mass is 314 g/mol. The Labute approximate surface area is 132 Å². The Morgan fingerprint density at radius 1 is 1.00 bits per heavy atom. The highest BCUT2D eigenvalue weighted by molar-refractivity contribution is 8.04. The van der Waals surface area contributed by atoms with Gasteiger partial charge in [-0.05, 0) is 44.5 Å². The summed E-state index contributed by atoms with van der Waals surface area (Å²) in [6.45, 7) is 22.5. The molecule has 0 radical (unpaired) electrons. The van der Waals surface area contributed by atoms with Crippen LogP contribution in [0, 0.1) is 0 Å². The zero-order chi connectivity index (χ0) is 16.2. The fraction of sp³-hybridized carbons (Fsp3) is 0.765. The summed E-state index contributed by atoms with van der Waals surface area (Å²) in [5, 5.41) is 1.34. The highest BCUT2D eigenvalue weighted by Crippen LogP contribution is 2.42. The summed E-state index contributed by atoms with van der Waals surface area (Å²) < 4.78 is 6.67. The molecule has 0 atom stereocenters. The quantitative estimate of drug-likeness (QED) is 0.316. The van der Waals surface area contributed by atoms with Crippen molar-refractivity contribution in [2.75, 3.05) is 0 Å². The molecule has 0 aliphatic rings. The van der Waals surface area contributed by atoms with Gasteiger partial charge in [0.2, 0.25) is 0 Å². The average molecular weight is 315 g/mol. The Morgan fingerprint density at radius 3 is 1.85 bits per heavy atom. The number of hydrogen-bond acceptors (Lipinski definition) is 2. The summed E-state index contributed by atoms with van der Waals surface area (Å²) in [7, 11) is -1.75. The van der Waals surface area contributed by atoms with Gasteiger partial charge in [0.15, 0.2) is 0 Å². The maximum atomic E-state index is 6.49. The molecule has 118 valence electrons. The smallest absolute Gasteiger partial charge is 0.251 e. The predicted octanol–water partition coefficient (Wildman–Crippen LogP) is 6.74. The SMILES string of the molecule is CC(C)=CC/C=C(/O[Si](C)(C)C(C)(C)C)SC(C)(C)C. The number of hydrogen-bond donors (Lipinski definition) is 0. The molecule has 0 heterocycles. The summed E-state index contributed by atoms with van der Waals surface area (Å²) in [4.78, 5) is 0. The number of thioether (sulfide) groups is 1. The third-order valence-electron chi connectivity index (χ3n) is 3.38. The van der Waals surface area contributed by atoms with Gasteiger partial charge >= 0.3 is 0 Å². The van der Waals surface area contributed by atoms with E-state index in [1.165, 1.54) is 5.57 Å². The van der Waals surface area contributed by atoms with Gasteiger partial charge in [-0.15, -0.1) is 0 Å². The van der Waals surface area contributed by atoms with Crippen LogP contribution in [0.25, 0.3) is 0 Å². The average Bonchev–Trinajstić information content (AvgIpc) is 2.10. The predicted molar refractivity (Wildman–Crippen MR) is 97.8 cm³/mol. The lowest BCUT2D eigenvalue weighted by atomic mass is 10.2. The Hall–Kier alpha value is -0.153. The lowest BCUT2D eigenvalue weighted by Crippen LogP contribution is -2.40. The molecule has 0 fully saturated rings. The van der Waals surface area contributed by atoms with Gasteiger partial charge in [0.25, 0.3) is 8.32 Å². The zero-order valence-corrected chi connectivity index (χ0v) is 17.0. The van der Waals surface area contributed by atoms with Crippen LogP contribution in [-0.2, 0) is 4.43 Å². The summed E-state index contributed by atoms with van der Waals surface area (Å²) >= 11 is 1.84. The molecular weight excluding hydrogens is 280 g/mol. The Bertz CT molecular complexity index is 363. The fourth-order valence-corrected chi connectivity index (χ4v) is 3.67. The van der Waals surface area contributed by atoms with E-state index in [4.69, 9.17) is 4.43 Å². The minimum absolute atomic E-state index is 0.180. The van der Waals surface area contributed by atoms with Crippen LogP contribution in [0.15, 0.2) is 22.8 Å². The van der Waals surface area contributed by atoms with E-state index in [1.54, 1.807) is 0 Å². The van der Waals surface area contributed by atoms with Crippen LogP contribution in [0.2, 0.25) is 18.1 Å². The second-order valence-electron chi connectivity index (χ2n) is 8.12. The Kier molecular flexibility index (Phi) is 7.16. The van der Waals surface area contributed by atoms with Crippen LogP contribution in [-0.4, -0.2) is 13.1 Å². The van der Waals surface area contributed by atoms with Gasteiger partial charge in [-0.25, -0.2) is 0 Å². The van der Waals surface area contributed by atoms with Gasteiger partial charge in [-0.2, -0.15) is 0 Å². The first-order chi connectivity index (χ1) is 8.74. The van der Waals surface area contributed by atoms with Gasteiger partial charge in [0.1, 0.15) is 5.09 Å². The van der Waals surface area contributed by atoms with Gasteiger partial charge in [-0.3, -0.25) is 0 Å². The largest absolute Gasteiger partial charge is 0.539 e. The standard InChI is InChI=1S/C17H34OSSi/c1-14(2)12-11-13-15(19-16(3,4)5)18-20(9,10)17(6,7)8/h12-13H,11H2,1-10H3/b15-13-. The summed E-state index contributed by atoms with van der Waals surface area (Å²) in [6.07, 6.45) is 5.44. The molecule has 0 aromatic carbocycles. The normalized spacial score (nSPS) is 14.2. The summed E-state index contributed by atoms with van der Waals surface area (Å²) in [6, 6.07) is 0. The summed E-state index contributed by atoms with van der Waals surface area (Å²) in [5.74, 6) is 0. The van der Waals surface area contributed by atoms with Crippen molar-refractivity contribution in [1.82, 2.24) is 0 Å². The van der Waals surface area contributed by atoms with Crippen LogP contribution in [0.1, 0.15) is 61.8 Å². The first-order valence-electron chi connectivity index (χ1n) is 7.46. The van der Waals surface area contributed by atoms with Crippen LogP contribution in [0.4, 0.5) is 0 Å². The van der Waals surface area contributed by atoms with Crippen molar-refractivity contribution in [1.29, 1.82) is 0 Å². The molecule has 0 aromatic rings. The van der Waals surface area contributed by atoms with E-state index in [2.05, 4.69) is 80.6 Å². The molecule has 20 heavy (non-hydrogen) atoms. The van der Waals surface area contributed by atoms with E-state index in [0.29, 0.717) is 0 Å². The van der Waals surface area contributed by atoms with Crippen molar-refractivity contribution in [3.05, 3.63) is 22.8 Å². The highest BCUT2D eigenvalue weighted by atomic mass is 32.2. The number of allylic oxidation sites excluding steroid dienone is 3. The molecule has 0 aliphatic heterocycles. The van der Waals surface area contributed by atoms with Gasteiger partial charge in [-0.1, -0.05) is 65.0 Å². The molecule has 0 amide bonds. The third-order valence-corrected chi connectivity index (χ3v) is 8.93. The first kappa shape index (κ1) is 19.8. The second kappa shape index (κ2) is 7.21. The second-order valence-corrected chi connectivity index (χ2v) is 14.7. The van der Waals surface area contributed by atoms with E-state index in [0.717, 1.165) is 11.5 Å². The Morgan fingerprint density at radius 2 is 1.50 bits per heavy atom. The first-order valence-corrected chi connectivity index (χ1v) is 11.2. The van der Waals surface area contributed by atoms with E-state index >= 15 is 0 Å². The third kappa shape index (κ3) is 8.20. The molecule has 0 saturated heterocycles. The van der Waals surface area contributed by atoms with E-state index in [1.807, 2.05) is 11.8 Å². The van der Waals surface area contributed by atoms with E-state index < -0.39 is 8.32 Å². The van der Waals surface area contributed by atoms with Crippen molar-refractivity contribution in [3.8, 4) is 0 Å². The van der Waals surface area contributed by atoms with Crippen LogP contribution >= 0.6 is 11.8 Å². The van der Waals surface area contributed by atoms with Crippen molar-refractivity contribution in [2.45, 2.75) is 84.7 Å². The van der Waals surface area contributed by atoms with Crippen LogP contribution in [0.5, 0.6) is 0 Å². The summed E-state index contributed by atoms with van der Waals surface area (Å²) in [5.41, 5.74) is 1.36. The minimum Gasteiger partial charge on any atom is -0.539 e. The van der Waals surface area contributed by atoms with E-state index in [9.17, 15) is 0 Å². The van der Waals surface area contributed by atoms with Gasteiger partial charge in [0, 0.05) is 4.75 Å². The van der Waals surface area contributed by atoms with Gasteiger partial charge < -0.3 is 4.43 Å². The maximum Gasteiger partial charge on any atom is 0.251 e. The molecule has 0 spiro atoms. The molecule has 0 rings (SSSR count). The lowest BCUT2D eigenvalue weighted by Gasteiger charge is -2.38. The lowest BCUT2D eigenvalue weighted by molar-refractivity contribution is 0.415. The minimum atomic E-state index is -1.75. The maximum absolute atomic E-state index is 6.49. The molecule has 0 saturated carbocycles. The van der Waals surface area contributed by atoms with E-state index in [-0.39, 0.29) is 9.79 Å². The highest BCUT2D eigenvalue weighted by Gasteiger charge is 2.39. The molecular formula is C17H34OSSi. The molecule has 3 heteroatoms. The number of rotatable bonds is 5. The molecule has 0 aromatic heterocycles. The molecule has 0 N–H and O–H groups in total.